The molecule has 152 valence electrons. The minimum atomic E-state index is -0.138. The average Bonchev–Trinajstić information content (AvgIpc) is 3.16. The summed E-state index contributed by atoms with van der Waals surface area (Å²) in [5, 5.41) is 7.31. The van der Waals surface area contributed by atoms with Crippen molar-refractivity contribution in [3.05, 3.63) is 52.3 Å². The number of hydrogen-bond acceptors (Lipinski definition) is 2. The zero-order chi connectivity index (χ0) is 19.8. The summed E-state index contributed by atoms with van der Waals surface area (Å²) < 4.78 is 0. The maximum atomic E-state index is 14.0. The van der Waals surface area contributed by atoms with E-state index in [2.05, 4.69) is 47.1 Å². The predicted octanol–water partition coefficient (Wildman–Crippen LogP) is 4.45. The second-order valence-corrected chi connectivity index (χ2v) is 10.7. The number of aromatic nitrogens is 2. The highest BCUT2D eigenvalue weighted by molar-refractivity contribution is 5.84. The molecule has 7 rings (SSSR count). The van der Waals surface area contributed by atoms with E-state index >= 15 is 0 Å². The Bertz CT molecular complexity index is 976. The van der Waals surface area contributed by atoms with Crippen LogP contribution in [0.3, 0.4) is 0 Å². The highest BCUT2D eigenvalue weighted by atomic mass is 16.2. The lowest BCUT2D eigenvalue weighted by Crippen LogP contribution is -2.60. The smallest absolute Gasteiger partial charge is 0.229 e. The van der Waals surface area contributed by atoms with Gasteiger partial charge in [-0.05, 0) is 98.3 Å². The van der Waals surface area contributed by atoms with E-state index in [9.17, 15) is 4.79 Å². The highest BCUT2D eigenvalue weighted by Crippen LogP contribution is 2.66. The number of carbonyl (C=O) groups excluding carboxylic acids is 1. The zero-order valence-corrected chi connectivity index (χ0v) is 17.6. The molecule has 1 amide bonds. The van der Waals surface area contributed by atoms with Crippen LogP contribution in [-0.2, 0) is 23.2 Å². The highest BCUT2D eigenvalue weighted by Gasteiger charge is 2.61. The fourth-order valence-corrected chi connectivity index (χ4v) is 7.65. The molecule has 4 fully saturated rings. The van der Waals surface area contributed by atoms with Gasteiger partial charge in [-0.1, -0.05) is 18.2 Å². The molecule has 5 aliphatic rings. The first kappa shape index (κ1) is 17.7. The molecule has 4 aliphatic carbocycles. The van der Waals surface area contributed by atoms with Crippen LogP contribution in [0.2, 0.25) is 0 Å². The molecule has 0 spiro atoms. The van der Waals surface area contributed by atoms with Crippen molar-refractivity contribution in [3.8, 4) is 0 Å². The van der Waals surface area contributed by atoms with Gasteiger partial charge in [-0.25, -0.2) is 0 Å². The van der Waals surface area contributed by atoms with Crippen LogP contribution in [0.15, 0.2) is 24.4 Å². The molecule has 2 aromatic rings. The van der Waals surface area contributed by atoms with Crippen molar-refractivity contribution in [2.24, 2.45) is 17.3 Å². The molecule has 29 heavy (non-hydrogen) atoms. The van der Waals surface area contributed by atoms with Gasteiger partial charge in [0.2, 0.25) is 5.91 Å². The summed E-state index contributed by atoms with van der Waals surface area (Å²) in [5.74, 6) is 1.86. The van der Waals surface area contributed by atoms with E-state index < -0.39 is 0 Å². The first-order valence-corrected chi connectivity index (χ1v) is 11.3. The van der Waals surface area contributed by atoms with Crippen molar-refractivity contribution in [2.75, 3.05) is 6.54 Å². The van der Waals surface area contributed by atoms with Crippen LogP contribution in [0.4, 0.5) is 0 Å². The third kappa shape index (κ3) is 2.57. The zero-order valence-electron chi connectivity index (χ0n) is 17.6. The van der Waals surface area contributed by atoms with Gasteiger partial charge in [0.05, 0.1) is 23.9 Å². The number of amides is 1. The Hall–Kier alpha value is -2.10. The number of nitrogens with zero attached hydrogens (tertiary/aromatic N) is 2. The largest absolute Gasteiger partial charge is 0.336 e. The van der Waals surface area contributed by atoms with Crippen molar-refractivity contribution in [2.45, 2.75) is 70.8 Å². The number of nitrogens with one attached hydrogen (secondary N) is 1. The van der Waals surface area contributed by atoms with E-state index in [-0.39, 0.29) is 10.8 Å². The minimum absolute atomic E-state index is 0.138. The van der Waals surface area contributed by atoms with Crippen molar-refractivity contribution in [1.29, 1.82) is 0 Å². The Labute approximate surface area is 173 Å². The Kier molecular flexibility index (Phi) is 3.65. The molecule has 0 radical (unpaired) electrons. The molecule has 4 heteroatoms. The normalized spacial score (nSPS) is 35.0. The maximum Gasteiger partial charge on any atom is 0.229 e. The number of hydrogen-bond donors (Lipinski definition) is 1. The third-order valence-corrected chi connectivity index (χ3v) is 8.73. The third-order valence-electron chi connectivity index (χ3n) is 8.73. The lowest BCUT2D eigenvalue weighted by molar-refractivity contribution is -0.161. The summed E-state index contributed by atoms with van der Waals surface area (Å²) in [6.07, 6.45) is 10.0. The van der Waals surface area contributed by atoms with E-state index in [1.54, 1.807) is 0 Å². The maximum absolute atomic E-state index is 14.0. The summed E-state index contributed by atoms with van der Waals surface area (Å²) in [7, 11) is 0. The molecule has 0 saturated heterocycles. The molecule has 2 heterocycles. The number of fused-ring (bicyclic) bond motifs is 1. The average molecular weight is 390 g/mol. The molecule has 2 unspecified atom stereocenters. The molecule has 1 aromatic heterocycles. The van der Waals surface area contributed by atoms with Crippen LogP contribution in [0.1, 0.15) is 66.5 Å². The Morgan fingerprint density at radius 2 is 1.93 bits per heavy atom. The fourth-order valence-electron chi connectivity index (χ4n) is 7.65. The second kappa shape index (κ2) is 5.96. The lowest BCUT2D eigenvalue weighted by Gasteiger charge is -2.62. The van der Waals surface area contributed by atoms with Crippen LogP contribution in [0.5, 0.6) is 0 Å². The fraction of sp³-hybridized carbons (Fsp3) is 0.600. The monoisotopic (exact) mass is 389 g/mol. The number of H-pyrrole nitrogens is 1. The SMILES string of the molecule is Cc1ccc(C23CC4CC(CC(C(=O)N5CCc6cn[nH]c6C5)(C4)C2)C3)cc1C. The molecular formula is C25H31N3O. The van der Waals surface area contributed by atoms with E-state index in [0.29, 0.717) is 24.3 Å². The Morgan fingerprint density at radius 1 is 1.14 bits per heavy atom. The Morgan fingerprint density at radius 3 is 2.69 bits per heavy atom. The summed E-state index contributed by atoms with van der Waals surface area (Å²) in [6, 6.07) is 7.09. The van der Waals surface area contributed by atoms with Gasteiger partial charge >= 0.3 is 0 Å². The molecule has 1 N–H and O–H groups in total. The first-order chi connectivity index (χ1) is 14.0. The molecule has 4 nitrogen and oxygen atoms in total. The topological polar surface area (TPSA) is 49.0 Å². The van der Waals surface area contributed by atoms with E-state index in [1.165, 1.54) is 41.5 Å². The number of aromatic amines is 1. The van der Waals surface area contributed by atoms with Crippen molar-refractivity contribution in [1.82, 2.24) is 15.1 Å². The predicted molar refractivity (Wildman–Crippen MR) is 112 cm³/mol. The van der Waals surface area contributed by atoms with Crippen LogP contribution >= 0.6 is 0 Å². The summed E-state index contributed by atoms with van der Waals surface area (Å²) >= 11 is 0. The van der Waals surface area contributed by atoms with Gasteiger partial charge in [0.1, 0.15) is 0 Å². The molecular weight excluding hydrogens is 358 g/mol. The molecule has 4 saturated carbocycles. The van der Waals surface area contributed by atoms with Gasteiger partial charge in [0, 0.05) is 6.54 Å². The van der Waals surface area contributed by atoms with Gasteiger partial charge < -0.3 is 4.90 Å². The van der Waals surface area contributed by atoms with Gasteiger partial charge in [-0.3, -0.25) is 9.89 Å². The lowest BCUT2D eigenvalue weighted by atomic mass is 9.42. The second-order valence-electron chi connectivity index (χ2n) is 10.7. The van der Waals surface area contributed by atoms with Crippen molar-refractivity contribution in [3.63, 3.8) is 0 Å². The van der Waals surface area contributed by atoms with Crippen LogP contribution in [0, 0.1) is 31.1 Å². The van der Waals surface area contributed by atoms with Gasteiger partial charge in [-0.15, -0.1) is 0 Å². The van der Waals surface area contributed by atoms with Crippen LogP contribution < -0.4 is 0 Å². The molecule has 4 bridgehead atoms. The van der Waals surface area contributed by atoms with Crippen molar-refractivity contribution >= 4 is 5.91 Å². The van der Waals surface area contributed by atoms with Gasteiger partial charge in [0.15, 0.2) is 0 Å². The van der Waals surface area contributed by atoms with E-state index in [1.807, 2.05) is 6.20 Å². The quantitative estimate of drug-likeness (QED) is 0.825. The molecule has 1 aliphatic heterocycles. The summed E-state index contributed by atoms with van der Waals surface area (Å²) in [4.78, 5) is 16.1. The van der Waals surface area contributed by atoms with Crippen LogP contribution in [0.25, 0.3) is 0 Å². The standard InChI is InChI=1S/C25H31N3O/c1-16-3-4-21(7-17(16)2)24-9-18-8-19(10-24)12-25(11-18,15-24)23(29)28-6-5-20-13-26-27-22(20)14-28/h3-4,7,13,18-19H,5-6,8-12,14-15H2,1-2H3,(H,26,27). The minimum Gasteiger partial charge on any atom is -0.336 e. The van der Waals surface area contributed by atoms with E-state index in [4.69, 9.17) is 0 Å². The number of carbonyl (C=O) groups is 1. The van der Waals surface area contributed by atoms with Gasteiger partial charge in [-0.2, -0.15) is 5.10 Å². The summed E-state index contributed by atoms with van der Waals surface area (Å²) in [5.41, 5.74) is 6.76. The van der Waals surface area contributed by atoms with Crippen molar-refractivity contribution < 1.29 is 4.79 Å². The number of benzene rings is 1. The summed E-state index contributed by atoms with van der Waals surface area (Å²) in [6.45, 7) is 5.99. The molecule has 1 aromatic carbocycles. The van der Waals surface area contributed by atoms with E-state index in [0.717, 1.165) is 37.9 Å². The first-order valence-electron chi connectivity index (χ1n) is 11.3. The number of rotatable bonds is 2. The Balaban J connectivity index is 1.35. The number of aryl methyl sites for hydroxylation is 2. The van der Waals surface area contributed by atoms with Crippen LogP contribution in [-0.4, -0.2) is 27.5 Å². The van der Waals surface area contributed by atoms with Gasteiger partial charge in [0.25, 0.3) is 0 Å². The molecule has 2 atom stereocenters.